The molecule has 2 fully saturated rings. The Balaban J connectivity index is 1.61. The number of rotatable bonds is 7. The minimum atomic E-state index is -0.616. The van der Waals surface area contributed by atoms with Crippen LogP contribution in [0, 0.1) is 0 Å². The molecule has 0 unspecified atom stereocenters. The van der Waals surface area contributed by atoms with Crippen LogP contribution in [0.5, 0.6) is 0 Å². The van der Waals surface area contributed by atoms with Crippen molar-refractivity contribution in [2.45, 2.75) is 27.7 Å². The lowest BCUT2D eigenvalue weighted by Crippen LogP contribution is -2.56. The van der Waals surface area contributed by atoms with E-state index in [0.29, 0.717) is 9.75 Å². The van der Waals surface area contributed by atoms with E-state index in [1.807, 2.05) is 12.1 Å². The van der Waals surface area contributed by atoms with E-state index in [0.717, 1.165) is 29.4 Å². The second-order valence-electron chi connectivity index (χ2n) is 8.28. The number of hydrogen-bond acceptors (Lipinski definition) is 8. The molecular formula is C26H26N4O6S2. The molecule has 0 bridgehead atoms. The highest BCUT2D eigenvalue weighted by molar-refractivity contribution is 7.23. The number of carbonyl (C=O) groups is 6. The van der Waals surface area contributed by atoms with Gasteiger partial charge in [0.25, 0.3) is 23.6 Å². The number of nitrogens with zero attached hydrogens (tertiary/aromatic N) is 4. The number of imide groups is 4. The van der Waals surface area contributed by atoms with E-state index in [1.54, 1.807) is 39.8 Å². The molecule has 2 aromatic rings. The third-order valence-corrected chi connectivity index (χ3v) is 8.42. The molecule has 0 saturated carbocycles. The Morgan fingerprint density at radius 2 is 0.816 bits per heavy atom. The van der Waals surface area contributed by atoms with Crippen molar-refractivity contribution in [3.05, 3.63) is 45.2 Å². The standard InChI is InChI=1S/C26H26N4O6S2/c1-5-27-21(31)17(22(32)28(6-2)25(27)35)13-15-9-11-19(37-15)20-12-10-16(38-20)14-18-23(33)29(7-3)26(36)30(8-4)24(18)34/h9-14H,5-8H2,1-4H3. The predicted octanol–water partition coefficient (Wildman–Crippen LogP) is 3.90. The van der Waals surface area contributed by atoms with Crippen molar-refractivity contribution in [2.75, 3.05) is 26.2 Å². The average Bonchev–Trinajstić information content (AvgIpc) is 3.55. The van der Waals surface area contributed by atoms with Crippen LogP contribution >= 0.6 is 22.7 Å². The molecule has 4 heterocycles. The van der Waals surface area contributed by atoms with Gasteiger partial charge in [-0.1, -0.05) is 0 Å². The summed E-state index contributed by atoms with van der Waals surface area (Å²) in [4.78, 5) is 83.1. The molecule has 8 amide bonds. The molecule has 0 N–H and O–H groups in total. The van der Waals surface area contributed by atoms with Crippen LogP contribution in [0.25, 0.3) is 21.9 Å². The normalized spacial score (nSPS) is 16.8. The van der Waals surface area contributed by atoms with Gasteiger partial charge in [0.15, 0.2) is 0 Å². The first-order chi connectivity index (χ1) is 18.2. The Morgan fingerprint density at radius 1 is 0.526 bits per heavy atom. The molecule has 0 radical (unpaired) electrons. The first-order valence-electron chi connectivity index (χ1n) is 12.1. The van der Waals surface area contributed by atoms with Gasteiger partial charge in [-0.25, -0.2) is 9.59 Å². The summed E-state index contributed by atoms with van der Waals surface area (Å²) in [6.07, 6.45) is 3.00. The average molecular weight is 555 g/mol. The largest absolute Gasteiger partial charge is 0.333 e. The topological polar surface area (TPSA) is 115 Å². The lowest BCUT2D eigenvalue weighted by molar-refractivity contribution is -0.137. The fourth-order valence-electron chi connectivity index (χ4n) is 4.18. The fourth-order valence-corrected chi connectivity index (χ4v) is 6.17. The van der Waals surface area contributed by atoms with Gasteiger partial charge in [-0.2, -0.15) is 0 Å². The van der Waals surface area contributed by atoms with Crippen LogP contribution in [0.3, 0.4) is 0 Å². The Bertz CT molecular complexity index is 1260. The molecule has 4 rings (SSSR count). The Labute approximate surface area is 227 Å². The molecule has 0 aliphatic carbocycles. The minimum absolute atomic E-state index is 0.0665. The lowest BCUT2D eigenvalue weighted by atomic mass is 10.1. The van der Waals surface area contributed by atoms with Crippen LogP contribution in [0.2, 0.25) is 0 Å². The smallest absolute Gasteiger partial charge is 0.268 e. The van der Waals surface area contributed by atoms with Gasteiger partial charge in [0.1, 0.15) is 11.1 Å². The molecule has 198 valence electrons. The van der Waals surface area contributed by atoms with Crippen molar-refractivity contribution in [1.29, 1.82) is 0 Å². The molecular weight excluding hydrogens is 528 g/mol. The number of likely N-dealkylation sites (N-methyl/N-ethyl adjacent to an activating group) is 4. The van der Waals surface area contributed by atoms with Crippen molar-refractivity contribution < 1.29 is 28.8 Å². The van der Waals surface area contributed by atoms with Gasteiger partial charge in [0, 0.05) is 45.7 Å². The summed E-state index contributed by atoms with van der Waals surface area (Å²) in [7, 11) is 0. The lowest BCUT2D eigenvalue weighted by Gasteiger charge is -2.32. The second kappa shape index (κ2) is 10.8. The van der Waals surface area contributed by atoms with Gasteiger partial charge in [0.2, 0.25) is 0 Å². The van der Waals surface area contributed by atoms with E-state index in [-0.39, 0.29) is 37.3 Å². The summed E-state index contributed by atoms with van der Waals surface area (Å²) in [5.74, 6) is -2.46. The maximum Gasteiger partial charge on any atom is 0.333 e. The summed E-state index contributed by atoms with van der Waals surface area (Å²) < 4.78 is 0. The van der Waals surface area contributed by atoms with Crippen LogP contribution in [-0.4, -0.2) is 81.5 Å². The molecule has 10 nitrogen and oxygen atoms in total. The van der Waals surface area contributed by atoms with Crippen LogP contribution < -0.4 is 0 Å². The van der Waals surface area contributed by atoms with Gasteiger partial charge in [-0.15, -0.1) is 22.7 Å². The molecule has 2 aromatic heterocycles. The molecule has 12 heteroatoms. The fraction of sp³-hybridized carbons (Fsp3) is 0.308. The second-order valence-corrected chi connectivity index (χ2v) is 10.5. The number of hydrogen-bond donors (Lipinski definition) is 0. The van der Waals surface area contributed by atoms with Crippen molar-refractivity contribution in [3.8, 4) is 9.75 Å². The highest BCUT2D eigenvalue weighted by Crippen LogP contribution is 2.36. The van der Waals surface area contributed by atoms with Crippen LogP contribution in [0.1, 0.15) is 37.4 Å². The van der Waals surface area contributed by atoms with Crippen molar-refractivity contribution in [2.24, 2.45) is 0 Å². The molecule has 38 heavy (non-hydrogen) atoms. The Morgan fingerprint density at radius 3 is 1.08 bits per heavy atom. The van der Waals surface area contributed by atoms with E-state index in [9.17, 15) is 28.8 Å². The number of amides is 8. The number of thiophene rings is 2. The highest BCUT2D eigenvalue weighted by Gasteiger charge is 2.41. The van der Waals surface area contributed by atoms with E-state index in [1.165, 1.54) is 34.8 Å². The highest BCUT2D eigenvalue weighted by atomic mass is 32.1. The molecule has 2 aliphatic heterocycles. The molecule has 0 atom stereocenters. The molecule has 2 aliphatic rings. The van der Waals surface area contributed by atoms with Gasteiger partial charge in [-0.3, -0.25) is 38.8 Å². The van der Waals surface area contributed by atoms with E-state index in [4.69, 9.17) is 0 Å². The summed E-state index contributed by atoms with van der Waals surface area (Å²) in [6.45, 7) is 7.35. The maximum absolute atomic E-state index is 12.8. The minimum Gasteiger partial charge on any atom is -0.268 e. The third kappa shape index (κ3) is 4.61. The third-order valence-electron chi connectivity index (χ3n) is 6.16. The van der Waals surface area contributed by atoms with Crippen molar-refractivity contribution >= 4 is 70.5 Å². The van der Waals surface area contributed by atoms with E-state index >= 15 is 0 Å². The van der Waals surface area contributed by atoms with Crippen molar-refractivity contribution in [1.82, 2.24) is 19.6 Å². The number of urea groups is 2. The summed E-state index contributed by atoms with van der Waals surface area (Å²) in [5.41, 5.74) is -0.133. The van der Waals surface area contributed by atoms with Gasteiger partial charge >= 0.3 is 12.1 Å². The monoisotopic (exact) mass is 554 g/mol. The molecule has 0 aromatic carbocycles. The first kappa shape index (κ1) is 27.1. The van der Waals surface area contributed by atoms with Crippen LogP contribution in [0.15, 0.2) is 35.4 Å². The van der Waals surface area contributed by atoms with Crippen LogP contribution in [0.4, 0.5) is 9.59 Å². The quantitative estimate of drug-likeness (QED) is 0.379. The molecule has 0 spiro atoms. The zero-order chi connectivity index (χ0) is 27.7. The predicted molar refractivity (Wildman–Crippen MR) is 144 cm³/mol. The summed E-state index contributed by atoms with van der Waals surface area (Å²) in [5, 5.41) is 0. The first-order valence-corrected chi connectivity index (χ1v) is 13.8. The Kier molecular flexibility index (Phi) is 7.74. The number of barbiturate groups is 2. The van der Waals surface area contributed by atoms with Crippen molar-refractivity contribution in [3.63, 3.8) is 0 Å². The van der Waals surface area contributed by atoms with Gasteiger partial charge < -0.3 is 0 Å². The number of carbonyl (C=O) groups excluding carboxylic acids is 6. The van der Waals surface area contributed by atoms with Gasteiger partial charge in [-0.05, 0) is 64.1 Å². The zero-order valence-corrected chi connectivity index (χ0v) is 23.0. The summed E-state index contributed by atoms with van der Waals surface area (Å²) >= 11 is 2.73. The van der Waals surface area contributed by atoms with Gasteiger partial charge in [0.05, 0.1) is 0 Å². The molecule has 2 saturated heterocycles. The van der Waals surface area contributed by atoms with Crippen LogP contribution in [-0.2, 0) is 19.2 Å². The van der Waals surface area contributed by atoms with E-state index < -0.39 is 35.7 Å². The zero-order valence-electron chi connectivity index (χ0n) is 21.3. The summed E-state index contributed by atoms with van der Waals surface area (Å²) in [6, 6.07) is 6.05. The maximum atomic E-state index is 12.8. The van der Waals surface area contributed by atoms with E-state index in [2.05, 4.69) is 0 Å². The Hall–Kier alpha value is -3.90. The SMILES string of the molecule is CCN1C(=O)C(=Cc2ccc(-c3ccc(C=C4C(=O)N(CC)C(=O)N(CC)C4=O)s3)s2)C(=O)N(CC)C1=O.